The summed E-state index contributed by atoms with van der Waals surface area (Å²) < 4.78 is 19.9. The van der Waals surface area contributed by atoms with Gasteiger partial charge in [0.2, 0.25) is 0 Å². The molecule has 0 amide bonds. The number of rotatable bonds is 5. The van der Waals surface area contributed by atoms with Crippen molar-refractivity contribution in [3.05, 3.63) is 29.6 Å². The molecule has 1 N–H and O–H groups in total. The third-order valence-corrected chi connectivity index (χ3v) is 4.94. The van der Waals surface area contributed by atoms with E-state index in [4.69, 9.17) is 4.74 Å². The Morgan fingerprint density at radius 1 is 1.32 bits per heavy atom. The summed E-state index contributed by atoms with van der Waals surface area (Å²) in [6.07, 6.45) is 6.79. The van der Waals surface area contributed by atoms with Crippen LogP contribution in [-0.2, 0) is 0 Å². The molecule has 1 aliphatic carbocycles. The van der Waals surface area contributed by atoms with Crippen molar-refractivity contribution in [3.8, 4) is 5.75 Å². The fourth-order valence-corrected chi connectivity index (χ4v) is 3.82. The minimum absolute atomic E-state index is 0.0238. The van der Waals surface area contributed by atoms with Crippen molar-refractivity contribution in [1.82, 2.24) is 10.2 Å². The number of hydrogen-bond acceptors (Lipinski definition) is 3. The van der Waals surface area contributed by atoms with Crippen molar-refractivity contribution in [1.29, 1.82) is 0 Å². The van der Waals surface area contributed by atoms with Gasteiger partial charge in [0.25, 0.3) is 0 Å². The zero-order valence-corrected chi connectivity index (χ0v) is 13.7. The Morgan fingerprint density at radius 3 is 2.82 bits per heavy atom. The lowest BCUT2D eigenvalue weighted by Gasteiger charge is -2.40. The van der Waals surface area contributed by atoms with Gasteiger partial charge in [0.1, 0.15) is 17.2 Å². The maximum Gasteiger partial charge on any atom is 0.125 e. The third-order valence-electron chi connectivity index (χ3n) is 4.94. The maximum absolute atomic E-state index is 13.6. The van der Waals surface area contributed by atoms with Crippen molar-refractivity contribution in [3.63, 3.8) is 0 Å². The summed E-state index contributed by atoms with van der Waals surface area (Å²) in [7, 11) is 4.18. The first-order valence-corrected chi connectivity index (χ1v) is 8.45. The molecule has 1 aromatic rings. The lowest BCUT2D eigenvalue weighted by atomic mass is 9.86. The molecule has 1 aromatic carbocycles. The van der Waals surface area contributed by atoms with Gasteiger partial charge in [0, 0.05) is 18.0 Å². The second kappa shape index (κ2) is 6.55. The molecule has 22 heavy (non-hydrogen) atoms. The smallest absolute Gasteiger partial charge is 0.125 e. The molecule has 0 saturated heterocycles. The van der Waals surface area contributed by atoms with Crippen LogP contribution >= 0.6 is 0 Å². The van der Waals surface area contributed by atoms with Crippen LogP contribution in [0.25, 0.3) is 0 Å². The van der Waals surface area contributed by atoms with Crippen molar-refractivity contribution in [2.75, 3.05) is 27.2 Å². The van der Waals surface area contributed by atoms with Gasteiger partial charge in [0.15, 0.2) is 0 Å². The van der Waals surface area contributed by atoms with E-state index in [0.29, 0.717) is 0 Å². The number of benzene rings is 1. The summed E-state index contributed by atoms with van der Waals surface area (Å²) in [6.45, 7) is 2.02. The summed E-state index contributed by atoms with van der Waals surface area (Å²) in [6, 6.07) is 5.16. The molecular weight excluding hydrogens is 279 g/mol. The van der Waals surface area contributed by atoms with Crippen molar-refractivity contribution < 1.29 is 9.13 Å². The number of nitrogens with one attached hydrogen (secondary N) is 1. The average molecular weight is 306 g/mol. The van der Waals surface area contributed by atoms with E-state index in [0.717, 1.165) is 50.1 Å². The molecule has 1 atom stereocenters. The SMILES string of the molecule is CN(C)CCCNC1CC2(CCCC2)Oc2ccc(F)cc21. The summed E-state index contributed by atoms with van der Waals surface area (Å²) >= 11 is 0. The molecule has 4 heteroatoms. The second-order valence-electron chi connectivity index (χ2n) is 7.04. The number of hydrogen-bond donors (Lipinski definition) is 1. The molecule has 1 saturated carbocycles. The molecule has 1 spiro atoms. The van der Waals surface area contributed by atoms with Gasteiger partial charge in [-0.15, -0.1) is 0 Å². The summed E-state index contributed by atoms with van der Waals surface area (Å²) in [4.78, 5) is 2.19. The van der Waals surface area contributed by atoms with Crippen LogP contribution in [0.1, 0.15) is 50.1 Å². The first-order chi connectivity index (χ1) is 10.6. The first kappa shape index (κ1) is 15.8. The van der Waals surface area contributed by atoms with Gasteiger partial charge in [-0.3, -0.25) is 0 Å². The van der Waals surface area contributed by atoms with Crippen LogP contribution in [-0.4, -0.2) is 37.7 Å². The maximum atomic E-state index is 13.6. The van der Waals surface area contributed by atoms with Gasteiger partial charge in [-0.2, -0.15) is 0 Å². The molecule has 0 bridgehead atoms. The van der Waals surface area contributed by atoms with Crippen LogP contribution in [0.4, 0.5) is 4.39 Å². The normalized spacial score (nSPS) is 22.8. The molecule has 1 aliphatic heterocycles. The summed E-state index contributed by atoms with van der Waals surface area (Å²) in [5.74, 6) is 0.699. The van der Waals surface area contributed by atoms with E-state index in [1.54, 1.807) is 12.1 Å². The number of ether oxygens (including phenoxy) is 1. The monoisotopic (exact) mass is 306 g/mol. The van der Waals surface area contributed by atoms with E-state index in [9.17, 15) is 4.39 Å². The molecule has 3 rings (SSSR count). The van der Waals surface area contributed by atoms with Crippen LogP contribution in [0.3, 0.4) is 0 Å². The van der Waals surface area contributed by atoms with E-state index in [1.165, 1.54) is 18.9 Å². The first-order valence-electron chi connectivity index (χ1n) is 8.45. The Balaban J connectivity index is 1.73. The van der Waals surface area contributed by atoms with Crippen LogP contribution in [0.2, 0.25) is 0 Å². The lowest BCUT2D eigenvalue weighted by molar-refractivity contribution is 0.0365. The highest BCUT2D eigenvalue weighted by Gasteiger charge is 2.42. The Morgan fingerprint density at radius 2 is 2.09 bits per heavy atom. The van der Waals surface area contributed by atoms with Gasteiger partial charge in [-0.1, -0.05) is 0 Å². The molecule has 0 radical (unpaired) electrons. The third kappa shape index (κ3) is 3.44. The quantitative estimate of drug-likeness (QED) is 0.843. The molecule has 1 fully saturated rings. The fourth-order valence-electron chi connectivity index (χ4n) is 3.82. The zero-order chi connectivity index (χ0) is 15.6. The average Bonchev–Trinajstić information content (AvgIpc) is 2.92. The topological polar surface area (TPSA) is 24.5 Å². The van der Waals surface area contributed by atoms with Gasteiger partial charge in [-0.25, -0.2) is 4.39 Å². The minimum atomic E-state index is -0.176. The fraction of sp³-hybridized carbons (Fsp3) is 0.667. The summed E-state index contributed by atoms with van der Waals surface area (Å²) in [5.41, 5.74) is 0.965. The van der Waals surface area contributed by atoms with Gasteiger partial charge in [-0.05, 0) is 77.5 Å². The van der Waals surface area contributed by atoms with Crippen molar-refractivity contribution in [2.45, 2.75) is 50.2 Å². The van der Waals surface area contributed by atoms with Crippen LogP contribution in [0.15, 0.2) is 18.2 Å². The van der Waals surface area contributed by atoms with E-state index in [2.05, 4.69) is 24.3 Å². The van der Waals surface area contributed by atoms with E-state index in [-0.39, 0.29) is 17.5 Å². The number of fused-ring (bicyclic) bond motifs is 1. The highest BCUT2D eigenvalue weighted by molar-refractivity contribution is 5.39. The van der Waals surface area contributed by atoms with Crippen molar-refractivity contribution >= 4 is 0 Å². The Labute approximate surface area is 132 Å². The zero-order valence-electron chi connectivity index (χ0n) is 13.7. The second-order valence-corrected chi connectivity index (χ2v) is 7.04. The van der Waals surface area contributed by atoms with Gasteiger partial charge in [0.05, 0.1) is 0 Å². The van der Waals surface area contributed by atoms with Crippen LogP contribution in [0.5, 0.6) is 5.75 Å². The standard InChI is InChI=1S/C18H27FN2O/c1-21(2)11-5-10-20-16-13-18(8-3-4-9-18)22-17-7-6-14(19)12-15(16)17/h6-7,12,16,20H,3-5,8-11,13H2,1-2H3. The summed E-state index contributed by atoms with van der Waals surface area (Å²) in [5, 5.41) is 3.64. The lowest BCUT2D eigenvalue weighted by Crippen LogP contribution is -2.42. The highest BCUT2D eigenvalue weighted by atomic mass is 19.1. The predicted octanol–water partition coefficient (Wildman–Crippen LogP) is 3.50. The number of halogens is 1. The van der Waals surface area contributed by atoms with E-state index >= 15 is 0 Å². The van der Waals surface area contributed by atoms with Gasteiger partial charge < -0.3 is 15.0 Å². The van der Waals surface area contributed by atoms with E-state index in [1.807, 2.05) is 0 Å². The molecule has 3 nitrogen and oxygen atoms in total. The molecule has 1 unspecified atom stereocenters. The molecule has 122 valence electrons. The largest absolute Gasteiger partial charge is 0.487 e. The Bertz CT molecular complexity index is 512. The molecular formula is C18H27FN2O. The predicted molar refractivity (Wildman–Crippen MR) is 86.8 cm³/mol. The van der Waals surface area contributed by atoms with Crippen molar-refractivity contribution in [2.24, 2.45) is 0 Å². The molecule has 1 heterocycles. The minimum Gasteiger partial charge on any atom is -0.487 e. The van der Waals surface area contributed by atoms with Crippen LogP contribution < -0.4 is 10.1 Å². The Kier molecular flexibility index (Phi) is 4.69. The Hall–Kier alpha value is -1.13. The molecule has 0 aromatic heterocycles. The van der Waals surface area contributed by atoms with Gasteiger partial charge >= 0.3 is 0 Å². The highest BCUT2D eigenvalue weighted by Crippen LogP contribution is 2.47. The van der Waals surface area contributed by atoms with Crippen LogP contribution in [0, 0.1) is 5.82 Å². The molecule has 2 aliphatic rings. The number of nitrogens with zero attached hydrogens (tertiary/aromatic N) is 1. The van der Waals surface area contributed by atoms with E-state index < -0.39 is 0 Å².